The molecule has 0 spiro atoms. The topological polar surface area (TPSA) is 66.4 Å². The molecule has 0 amide bonds. The molecule has 1 atom stereocenters. The third-order valence-electron chi connectivity index (χ3n) is 2.89. The minimum Gasteiger partial charge on any atom is -0.549 e. The number of alkyl halides is 2. The summed E-state index contributed by atoms with van der Waals surface area (Å²) in [5.74, 6) is -3.54. The summed E-state index contributed by atoms with van der Waals surface area (Å²) in [7, 11) is -2.35. The standard InChI is InChI=1S/C10H18F2O4Si/c1-6-9(7(13)14,8(15)16-2)10(11,12)17(3,4)5/h6H2,1-5H3,(H,13,14)/p-1. The smallest absolute Gasteiger partial charge is 0.323 e. The zero-order valence-electron chi connectivity index (χ0n) is 10.6. The molecular formula is C10H17F2O4Si-. The highest BCUT2D eigenvalue weighted by Crippen LogP contribution is 2.46. The van der Waals surface area contributed by atoms with Crippen LogP contribution in [0.2, 0.25) is 19.6 Å². The van der Waals surface area contributed by atoms with Crippen molar-refractivity contribution in [3.8, 4) is 0 Å². The van der Waals surface area contributed by atoms with Crippen LogP contribution in [0.4, 0.5) is 8.78 Å². The normalized spacial score (nSPS) is 16.2. The van der Waals surface area contributed by atoms with Gasteiger partial charge in [-0.3, -0.25) is 4.79 Å². The molecule has 0 heterocycles. The first-order chi connectivity index (χ1) is 7.49. The van der Waals surface area contributed by atoms with Crippen LogP contribution >= 0.6 is 0 Å². The first-order valence-corrected chi connectivity index (χ1v) is 8.66. The Morgan fingerprint density at radius 3 is 1.88 bits per heavy atom. The van der Waals surface area contributed by atoms with E-state index < -0.39 is 37.4 Å². The molecule has 0 saturated carbocycles. The lowest BCUT2D eigenvalue weighted by Crippen LogP contribution is -2.67. The van der Waals surface area contributed by atoms with Gasteiger partial charge in [0, 0.05) is 0 Å². The van der Waals surface area contributed by atoms with Crippen molar-refractivity contribution in [1.29, 1.82) is 0 Å². The Bertz CT molecular complexity index is 325. The van der Waals surface area contributed by atoms with Gasteiger partial charge in [-0.2, -0.15) is 0 Å². The van der Waals surface area contributed by atoms with Crippen LogP contribution in [0.15, 0.2) is 0 Å². The highest BCUT2D eigenvalue weighted by molar-refractivity contribution is 6.79. The van der Waals surface area contributed by atoms with Crippen LogP contribution in [-0.2, 0) is 14.3 Å². The van der Waals surface area contributed by atoms with Crippen LogP contribution in [0.3, 0.4) is 0 Å². The monoisotopic (exact) mass is 267 g/mol. The first-order valence-electron chi connectivity index (χ1n) is 5.16. The number of hydrogen-bond acceptors (Lipinski definition) is 4. The lowest BCUT2D eigenvalue weighted by atomic mass is 9.85. The Morgan fingerprint density at radius 2 is 1.71 bits per heavy atom. The maximum absolute atomic E-state index is 14.3. The fraction of sp³-hybridized carbons (Fsp3) is 0.800. The number of carbonyl (C=O) groups excluding carboxylic acids is 2. The molecule has 0 radical (unpaired) electrons. The molecule has 0 fully saturated rings. The van der Waals surface area contributed by atoms with Gasteiger partial charge in [0.15, 0.2) is 5.41 Å². The molecule has 7 heteroatoms. The Hall–Kier alpha value is -0.983. The average molecular weight is 267 g/mol. The van der Waals surface area contributed by atoms with E-state index in [1.165, 1.54) is 26.6 Å². The second kappa shape index (κ2) is 4.71. The molecule has 0 aliphatic rings. The van der Waals surface area contributed by atoms with Crippen LogP contribution in [0.1, 0.15) is 13.3 Å². The predicted octanol–water partition coefficient (Wildman–Crippen LogP) is 0.818. The Morgan fingerprint density at radius 1 is 1.29 bits per heavy atom. The van der Waals surface area contributed by atoms with E-state index in [0.717, 1.165) is 7.11 Å². The number of hydrogen-bond donors (Lipinski definition) is 0. The second-order valence-electron chi connectivity index (χ2n) is 4.86. The summed E-state index contributed by atoms with van der Waals surface area (Å²) in [5.41, 5.74) is -6.55. The summed E-state index contributed by atoms with van der Waals surface area (Å²) in [6, 6.07) is 0. The molecule has 0 bridgehead atoms. The quantitative estimate of drug-likeness (QED) is 0.420. The van der Waals surface area contributed by atoms with E-state index in [-0.39, 0.29) is 0 Å². The number of rotatable bonds is 5. The van der Waals surface area contributed by atoms with Crippen molar-refractivity contribution in [2.75, 3.05) is 7.11 Å². The molecule has 0 aromatic carbocycles. The summed E-state index contributed by atoms with van der Waals surface area (Å²) in [5, 5.41) is 11.1. The number of esters is 1. The summed E-state index contributed by atoms with van der Waals surface area (Å²) in [6.45, 7) is 5.09. The molecule has 0 aliphatic heterocycles. The van der Waals surface area contributed by atoms with Gasteiger partial charge in [-0.05, 0) is 6.42 Å². The number of carboxylic acids is 1. The van der Waals surface area contributed by atoms with Crippen LogP contribution in [0, 0.1) is 5.41 Å². The summed E-state index contributed by atoms with van der Waals surface area (Å²) >= 11 is 0. The van der Waals surface area contributed by atoms with Crippen LogP contribution < -0.4 is 5.11 Å². The lowest BCUT2D eigenvalue weighted by Gasteiger charge is -2.43. The average Bonchev–Trinajstić information content (AvgIpc) is 2.16. The molecule has 0 aromatic heterocycles. The van der Waals surface area contributed by atoms with Crippen molar-refractivity contribution in [3.63, 3.8) is 0 Å². The minimum atomic E-state index is -3.65. The molecule has 0 saturated heterocycles. The highest BCUT2D eigenvalue weighted by atomic mass is 28.3. The Labute approximate surface area is 100.0 Å². The van der Waals surface area contributed by atoms with Gasteiger partial charge in [0.05, 0.1) is 13.1 Å². The second-order valence-corrected chi connectivity index (χ2v) is 9.99. The lowest BCUT2D eigenvalue weighted by molar-refractivity contribution is -0.326. The predicted molar refractivity (Wildman–Crippen MR) is 58.0 cm³/mol. The van der Waals surface area contributed by atoms with Crippen molar-refractivity contribution in [2.24, 2.45) is 5.41 Å². The van der Waals surface area contributed by atoms with E-state index in [1.54, 1.807) is 0 Å². The number of carboxylic acid groups (broad SMARTS) is 1. The van der Waals surface area contributed by atoms with Crippen molar-refractivity contribution in [2.45, 2.75) is 38.5 Å². The molecular weight excluding hydrogens is 250 g/mol. The van der Waals surface area contributed by atoms with Crippen molar-refractivity contribution >= 4 is 20.0 Å². The fourth-order valence-corrected chi connectivity index (χ4v) is 3.33. The molecule has 0 rings (SSSR count). The van der Waals surface area contributed by atoms with Crippen molar-refractivity contribution in [3.05, 3.63) is 0 Å². The Kier molecular flexibility index (Phi) is 4.44. The van der Waals surface area contributed by atoms with E-state index in [1.807, 2.05) is 0 Å². The van der Waals surface area contributed by atoms with E-state index in [9.17, 15) is 23.5 Å². The summed E-state index contributed by atoms with van der Waals surface area (Å²) < 4.78 is 32.8. The van der Waals surface area contributed by atoms with Gasteiger partial charge in [-0.15, -0.1) is 0 Å². The van der Waals surface area contributed by atoms with Gasteiger partial charge in [0.1, 0.15) is 8.07 Å². The SMILES string of the molecule is CCC(C(=O)[O-])(C(=O)OC)C(F)(F)[Si](C)(C)C. The molecule has 0 aliphatic carbocycles. The minimum absolute atomic E-state index is 0.570. The van der Waals surface area contributed by atoms with Crippen LogP contribution in [0.5, 0.6) is 0 Å². The van der Waals surface area contributed by atoms with Gasteiger partial charge < -0.3 is 14.6 Å². The van der Waals surface area contributed by atoms with Gasteiger partial charge in [0.2, 0.25) is 5.55 Å². The fourth-order valence-electron chi connectivity index (χ4n) is 1.66. The van der Waals surface area contributed by atoms with E-state index in [0.29, 0.717) is 0 Å². The molecule has 4 nitrogen and oxygen atoms in total. The van der Waals surface area contributed by atoms with Crippen LogP contribution in [-0.4, -0.2) is 32.7 Å². The summed E-state index contributed by atoms with van der Waals surface area (Å²) in [4.78, 5) is 22.6. The number of halogens is 2. The van der Waals surface area contributed by atoms with Gasteiger partial charge in [-0.25, -0.2) is 8.78 Å². The molecule has 100 valence electrons. The zero-order valence-corrected chi connectivity index (χ0v) is 11.6. The number of ether oxygens (including phenoxy) is 1. The largest absolute Gasteiger partial charge is 0.549 e. The molecule has 0 aromatic rings. The van der Waals surface area contributed by atoms with Gasteiger partial charge >= 0.3 is 5.97 Å². The van der Waals surface area contributed by atoms with E-state index >= 15 is 0 Å². The maximum atomic E-state index is 14.3. The number of aliphatic carboxylic acids is 1. The van der Waals surface area contributed by atoms with Crippen LogP contribution in [0.25, 0.3) is 0 Å². The highest BCUT2D eigenvalue weighted by Gasteiger charge is 2.65. The van der Waals surface area contributed by atoms with E-state index in [4.69, 9.17) is 0 Å². The first kappa shape index (κ1) is 16.0. The number of carbonyl (C=O) groups is 2. The van der Waals surface area contributed by atoms with Crippen molar-refractivity contribution in [1.82, 2.24) is 0 Å². The van der Waals surface area contributed by atoms with E-state index in [2.05, 4.69) is 4.74 Å². The van der Waals surface area contributed by atoms with Gasteiger partial charge in [0.25, 0.3) is 0 Å². The molecule has 1 unspecified atom stereocenters. The third-order valence-corrected chi connectivity index (χ3v) is 5.20. The van der Waals surface area contributed by atoms with Crippen molar-refractivity contribution < 1.29 is 28.2 Å². The van der Waals surface area contributed by atoms with Gasteiger partial charge in [-0.1, -0.05) is 26.6 Å². The zero-order chi connectivity index (χ0) is 14.1. The maximum Gasteiger partial charge on any atom is 0.323 e. The Balaban J connectivity index is 5.96. The number of methoxy groups -OCH3 is 1. The molecule has 17 heavy (non-hydrogen) atoms. The molecule has 0 N–H and O–H groups in total. The summed E-state index contributed by atoms with van der Waals surface area (Å²) in [6.07, 6.45) is -0.570. The third kappa shape index (κ3) is 2.20.